The van der Waals surface area contributed by atoms with Crippen molar-refractivity contribution in [3.63, 3.8) is 0 Å². The van der Waals surface area contributed by atoms with Gasteiger partial charge in [-0.25, -0.2) is 0 Å². The maximum absolute atomic E-state index is 3.70. The van der Waals surface area contributed by atoms with Gasteiger partial charge in [0.2, 0.25) is 0 Å². The summed E-state index contributed by atoms with van der Waals surface area (Å²) < 4.78 is 0. The van der Waals surface area contributed by atoms with Crippen LogP contribution in [0.4, 0.5) is 0 Å². The fraction of sp³-hybridized carbons (Fsp3) is 1.00. The van der Waals surface area contributed by atoms with Crippen molar-refractivity contribution in [1.82, 2.24) is 10.2 Å². The van der Waals surface area contributed by atoms with E-state index < -0.39 is 0 Å². The maximum atomic E-state index is 3.70. The Morgan fingerprint density at radius 2 is 2.00 bits per heavy atom. The second kappa shape index (κ2) is 7.08. The van der Waals surface area contributed by atoms with Crippen molar-refractivity contribution < 1.29 is 0 Å². The van der Waals surface area contributed by atoms with Crippen LogP contribution in [0.1, 0.15) is 59.3 Å². The average Bonchev–Trinajstić information content (AvgIpc) is 3.00. The molecule has 2 rings (SSSR count). The topological polar surface area (TPSA) is 15.3 Å². The van der Waals surface area contributed by atoms with Gasteiger partial charge in [0.25, 0.3) is 0 Å². The summed E-state index contributed by atoms with van der Waals surface area (Å²) in [6.45, 7) is 13.5. The molecule has 1 saturated heterocycles. The fourth-order valence-electron chi connectivity index (χ4n) is 4.07. The molecule has 0 bridgehead atoms. The number of nitrogens with one attached hydrogen (secondary N) is 1. The van der Waals surface area contributed by atoms with Gasteiger partial charge in [0.15, 0.2) is 0 Å². The molecule has 0 amide bonds. The third-order valence-corrected chi connectivity index (χ3v) is 5.40. The molecule has 1 heterocycles. The largest absolute Gasteiger partial charge is 0.316 e. The summed E-state index contributed by atoms with van der Waals surface area (Å²) in [5.41, 5.74) is 0.598. The fourth-order valence-corrected chi connectivity index (χ4v) is 4.07. The summed E-state index contributed by atoms with van der Waals surface area (Å²) >= 11 is 0. The lowest BCUT2D eigenvalue weighted by Gasteiger charge is -2.34. The molecule has 1 saturated carbocycles. The molecule has 2 fully saturated rings. The Balaban J connectivity index is 1.83. The third kappa shape index (κ3) is 4.19. The third-order valence-electron chi connectivity index (χ3n) is 5.40. The molecule has 1 atom stereocenters. The Labute approximate surface area is 120 Å². The summed E-state index contributed by atoms with van der Waals surface area (Å²) in [7, 11) is 0. The Kier molecular flexibility index (Phi) is 5.70. The van der Waals surface area contributed by atoms with Crippen LogP contribution in [0.25, 0.3) is 0 Å². The van der Waals surface area contributed by atoms with Crippen molar-refractivity contribution in [3.8, 4) is 0 Å². The van der Waals surface area contributed by atoms with Gasteiger partial charge in [-0.1, -0.05) is 33.6 Å². The van der Waals surface area contributed by atoms with E-state index in [-0.39, 0.29) is 0 Å². The lowest BCUT2D eigenvalue weighted by molar-refractivity contribution is 0.165. The predicted octanol–water partition coefficient (Wildman–Crippen LogP) is 3.52. The zero-order valence-electron chi connectivity index (χ0n) is 13.4. The molecule has 112 valence electrons. The Morgan fingerprint density at radius 1 is 1.26 bits per heavy atom. The highest BCUT2D eigenvalue weighted by atomic mass is 15.2. The van der Waals surface area contributed by atoms with Crippen molar-refractivity contribution in [2.45, 2.75) is 59.3 Å². The lowest BCUT2D eigenvalue weighted by atomic mass is 9.85. The molecule has 0 radical (unpaired) electrons. The van der Waals surface area contributed by atoms with Gasteiger partial charge in [-0.2, -0.15) is 0 Å². The number of nitrogens with zero attached hydrogens (tertiary/aromatic N) is 1. The van der Waals surface area contributed by atoms with Crippen LogP contribution >= 0.6 is 0 Å². The van der Waals surface area contributed by atoms with Crippen molar-refractivity contribution in [1.29, 1.82) is 0 Å². The first kappa shape index (κ1) is 15.3. The quantitative estimate of drug-likeness (QED) is 0.709. The molecule has 2 heteroatoms. The van der Waals surface area contributed by atoms with E-state index >= 15 is 0 Å². The maximum Gasteiger partial charge on any atom is 0.00503 e. The van der Waals surface area contributed by atoms with E-state index in [0.717, 1.165) is 11.8 Å². The molecule has 0 aromatic rings. The molecule has 0 aromatic heterocycles. The molecular weight excluding hydrogens is 232 g/mol. The molecular formula is C17H34N2. The molecule has 1 unspecified atom stereocenters. The van der Waals surface area contributed by atoms with Gasteiger partial charge in [0, 0.05) is 19.6 Å². The first-order chi connectivity index (χ1) is 9.15. The van der Waals surface area contributed by atoms with Gasteiger partial charge >= 0.3 is 0 Å². The van der Waals surface area contributed by atoms with Gasteiger partial charge in [-0.15, -0.1) is 0 Å². The Bertz CT molecular complexity index is 256. The summed E-state index contributed by atoms with van der Waals surface area (Å²) in [6, 6.07) is 0. The van der Waals surface area contributed by atoms with E-state index in [2.05, 4.69) is 31.0 Å². The standard InChI is InChI=1S/C17H34N2/c1-4-10-18-13-17(8-5-6-9-17)14-19-11-7-16(12-19)15(2)3/h15-16,18H,4-14H2,1-3H3. The minimum atomic E-state index is 0.598. The number of hydrogen-bond acceptors (Lipinski definition) is 2. The van der Waals surface area contributed by atoms with Gasteiger partial charge in [0.1, 0.15) is 0 Å². The van der Waals surface area contributed by atoms with E-state index in [1.54, 1.807) is 0 Å². The van der Waals surface area contributed by atoms with E-state index in [4.69, 9.17) is 0 Å². The molecule has 2 nitrogen and oxygen atoms in total. The normalized spacial score (nSPS) is 27.5. The van der Waals surface area contributed by atoms with Crippen LogP contribution in [0.5, 0.6) is 0 Å². The average molecular weight is 266 g/mol. The van der Waals surface area contributed by atoms with E-state index in [1.165, 1.54) is 71.2 Å². The molecule has 0 spiro atoms. The van der Waals surface area contributed by atoms with Gasteiger partial charge < -0.3 is 10.2 Å². The number of likely N-dealkylation sites (tertiary alicyclic amines) is 1. The molecule has 1 N–H and O–H groups in total. The predicted molar refractivity (Wildman–Crippen MR) is 83.4 cm³/mol. The van der Waals surface area contributed by atoms with Crippen LogP contribution in [0, 0.1) is 17.3 Å². The second-order valence-corrected chi connectivity index (χ2v) is 7.41. The summed E-state index contributed by atoms with van der Waals surface area (Å²) in [6.07, 6.45) is 8.50. The summed E-state index contributed by atoms with van der Waals surface area (Å²) in [5.74, 6) is 1.81. The zero-order valence-corrected chi connectivity index (χ0v) is 13.4. The van der Waals surface area contributed by atoms with Crippen molar-refractivity contribution in [3.05, 3.63) is 0 Å². The molecule has 19 heavy (non-hydrogen) atoms. The first-order valence-corrected chi connectivity index (χ1v) is 8.58. The highest BCUT2D eigenvalue weighted by Gasteiger charge is 2.37. The van der Waals surface area contributed by atoms with Crippen LogP contribution in [0.2, 0.25) is 0 Å². The van der Waals surface area contributed by atoms with Crippen LogP contribution < -0.4 is 5.32 Å². The first-order valence-electron chi connectivity index (χ1n) is 8.58. The van der Waals surface area contributed by atoms with Gasteiger partial charge in [-0.3, -0.25) is 0 Å². The number of hydrogen-bond donors (Lipinski definition) is 1. The van der Waals surface area contributed by atoms with Crippen LogP contribution in [-0.4, -0.2) is 37.6 Å². The van der Waals surface area contributed by atoms with Crippen molar-refractivity contribution in [2.24, 2.45) is 17.3 Å². The Hall–Kier alpha value is -0.0800. The molecule has 0 aromatic carbocycles. The zero-order chi connectivity index (χ0) is 13.7. The lowest BCUT2D eigenvalue weighted by Crippen LogP contribution is -2.42. The Morgan fingerprint density at radius 3 is 2.58 bits per heavy atom. The van der Waals surface area contributed by atoms with Gasteiger partial charge in [0.05, 0.1) is 0 Å². The van der Waals surface area contributed by atoms with Crippen LogP contribution in [0.3, 0.4) is 0 Å². The van der Waals surface area contributed by atoms with Crippen molar-refractivity contribution >= 4 is 0 Å². The number of rotatable bonds is 7. The SMILES string of the molecule is CCCNCC1(CN2CCC(C(C)C)C2)CCCC1. The highest BCUT2D eigenvalue weighted by Crippen LogP contribution is 2.39. The minimum absolute atomic E-state index is 0.598. The summed E-state index contributed by atoms with van der Waals surface area (Å²) in [5, 5.41) is 3.70. The van der Waals surface area contributed by atoms with Crippen LogP contribution in [-0.2, 0) is 0 Å². The highest BCUT2D eigenvalue weighted by molar-refractivity contribution is 4.91. The van der Waals surface area contributed by atoms with Crippen molar-refractivity contribution in [2.75, 3.05) is 32.7 Å². The molecule has 1 aliphatic carbocycles. The monoisotopic (exact) mass is 266 g/mol. The van der Waals surface area contributed by atoms with E-state index in [0.29, 0.717) is 5.41 Å². The smallest absolute Gasteiger partial charge is 0.00503 e. The molecule has 1 aliphatic heterocycles. The van der Waals surface area contributed by atoms with Gasteiger partial charge in [-0.05, 0) is 56.0 Å². The van der Waals surface area contributed by atoms with Crippen LogP contribution in [0.15, 0.2) is 0 Å². The second-order valence-electron chi connectivity index (χ2n) is 7.41. The van der Waals surface area contributed by atoms with E-state index in [9.17, 15) is 0 Å². The minimum Gasteiger partial charge on any atom is -0.316 e. The van der Waals surface area contributed by atoms with E-state index in [1.807, 2.05) is 0 Å². The molecule has 2 aliphatic rings. The summed E-state index contributed by atoms with van der Waals surface area (Å²) in [4.78, 5) is 2.77.